The molecule has 25 heavy (non-hydrogen) atoms. The second-order valence-electron chi connectivity index (χ2n) is 6.48. The van der Waals surface area contributed by atoms with Gasteiger partial charge in [0.1, 0.15) is 11.4 Å². The highest BCUT2D eigenvalue weighted by molar-refractivity contribution is 9.10. The molecular weight excluding hydrogens is 406 g/mol. The van der Waals surface area contributed by atoms with Crippen molar-refractivity contribution in [2.75, 3.05) is 13.1 Å². The predicted octanol–water partition coefficient (Wildman–Crippen LogP) is 4.35. The van der Waals surface area contributed by atoms with Crippen molar-refractivity contribution >= 4 is 39.2 Å². The Labute approximate surface area is 158 Å². The van der Waals surface area contributed by atoms with Crippen LogP contribution in [0.25, 0.3) is 0 Å². The molecule has 1 spiro atoms. The molecule has 2 aromatic carbocycles. The molecule has 0 N–H and O–H groups in total. The Balaban J connectivity index is 1.59. The van der Waals surface area contributed by atoms with Crippen molar-refractivity contribution in [3.05, 3.63) is 63.1 Å². The lowest BCUT2D eigenvalue weighted by atomic mass is 9.89. The number of hydrogen-bond acceptors (Lipinski definition) is 3. The fourth-order valence-electron chi connectivity index (χ4n) is 3.52. The molecule has 0 aromatic heterocycles. The molecule has 1 unspecified atom stereocenters. The second kappa shape index (κ2) is 6.15. The summed E-state index contributed by atoms with van der Waals surface area (Å²) in [4.78, 5) is 27.1. The first kappa shape index (κ1) is 16.6. The van der Waals surface area contributed by atoms with E-state index in [4.69, 9.17) is 16.3 Å². The van der Waals surface area contributed by atoms with E-state index < -0.39 is 5.60 Å². The van der Waals surface area contributed by atoms with Gasteiger partial charge in [-0.05, 0) is 30.3 Å². The third kappa shape index (κ3) is 2.96. The fourth-order valence-corrected chi connectivity index (χ4v) is 4.08. The van der Waals surface area contributed by atoms with E-state index in [9.17, 15) is 9.59 Å². The van der Waals surface area contributed by atoms with Gasteiger partial charge < -0.3 is 9.64 Å². The molecule has 2 aliphatic heterocycles. The molecule has 4 nitrogen and oxygen atoms in total. The number of rotatable bonds is 1. The van der Waals surface area contributed by atoms with Crippen molar-refractivity contribution in [2.24, 2.45) is 0 Å². The Bertz CT molecular complexity index is 885. The fraction of sp³-hybridized carbons (Fsp3) is 0.263. The highest BCUT2D eigenvalue weighted by Crippen LogP contribution is 2.39. The molecule has 1 amide bonds. The van der Waals surface area contributed by atoms with E-state index >= 15 is 0 Å². The number of para-hydroxylation sites is 1. The van der Waals surface area contributed by atoms with Crippen molar-refractivity contribution in [3.8, 4) is 5.75 Å². The molecule has 1 atom stereocenters. The Kier molecular flexibility index (Phi) is 4.08. The minimum absolute atomic E-state index is 0.0663. The number of benzene rings is 2. The summed E-state index contributed by atoms with van der Waals surface area (Å²) in [6, 6.07) is 12.5. The standard InChI is InChI=1S/C19H15BrClNO3/c20-12-5-6-15(21)14(9-12)18(24)22-8-7-19(11-22)10-16(23)13-3-1-2-4-17(13)25-19/h1-6,9H,7-8,10-11H2. The Morgan fingerprint density at radius 1 is 1.24 bits per heavy atom. The van der Waals surface area contributed by atoms with E-state index in [0.29, 0.717) is 47.8 Å². The molecule has 2 heterocycles. The molecule has 4 rings (SSSR count). The first-order valence-electron chi connectivity index (χ1n) is 8.03. The van der Waals surface area contributed by atoms with Crippen LogP contribution in [0.4, 0.5) is 0 Å². The maximum atomic E-state index is 12.9. The van der Waals surface area contributed by atoms with Gasteiger partial charge in [-0.15, -0.1) is 0 Å². The normalized spacial score (nSPS) is 22.0. The zero-order chi connectivity index (χ0) is 17.6. The van der Waals surface area contributed by atoms with Crippen molar-refractivity contribution in [1.29, 1.82) is 0 Å². The van der Waals surface area contributed by atoms with Crippen LogP contribution in [0.5, 0.6) is 5.75 Å². The van der Waals surface area contributed by atoms with Crippen LogP contribution in [-0.4, -0.2) is 35.3 Å². The highest BCUT2D eigenvalue weighted by Gasteiger charge is 2.47. The number of Topliss-reactive ketones (excluding diaryl/α,β-unsaturated/α-hetero) is 1. The summed E-state index contributed by atoms with van der Waals surface area (Å²) in [5, 5.41) is 0.417. The molecule has 2 aromatic rings. The van der Waals surface area contributed by atoms with Gasteiger partial charge in [0.2, 0.25) is 0 Å². The molecule has 0 aliphatic carbocycles. The molecular formula is C19H15BrClNO3. The van der Waals surface area contributed by atoms with E-state index in [-0.39, 0.29) is 11.7 Å². The summed E-state index contributed by atoms with van der Waals surface area (Å²) in [5.41, 5.74) is 0.433. The Morgan fingerprint density at radius 2 is 2.04 bits per heavy atom. The smallest absolute Gasteiger partial charge is 0.255 e. The number of ether oxygens (including phenoxy) is 1. The highest BCUT2D eigenvalue weighted by atomic mass is 79.9. The summed E-state index contributed by atoms with van der Waals surface area (Å²) < 4.78 is 6.96. The number of ketones is 1. The van der Waals surface area contributed by atoms with Crippen molar-refractivity contribution < 1.29 is 14.3 Å². The van der Waals surface area contributed by atoms with Crippen LogP contribution in [-0.2, 0) is 0 Å². The average molecular weight is 421 g/mol. The van der Waals surface area contributed by atoms with E-state index in [2.05, 4.69) is 15.9 Å². The maximum absolute atomic E-state index is 12.9. The topological polar surface area (TPSA) is 46.6 Å². The molecule has 0 radical (unpaired) electrons. The van der Waals surface area contributed by atoms with Gasteiger partial charge in [-0.1, -0.05) is 39.7 Å². The summed E-state index contributed by atoms with van der Waals surface area (Å²) in [6.07, 6.45) is 0.921. The second-order valence-corrected chi connectivity index (χ2v) is 7.80. The quantitative estimate of drug-likeness (QED) is 0.689. The molecule has 0 saturated carbocycles. The number of carbonyl (C=O) groups excluding carboxylic acids is 2. The van der Waals surface area contributed by atoms with Gasteiger partial charge in [0.05, 0.1) is 29.1 Å². The first-order valence-corrected chi connectivity index (χ1v) is 9.20. The minimum atomic E-state index is -0.639. The third-order valence-electron chi connectivity index (χ3n) is 4.76. The summed E-state index contributed by atoms with van der Waals surface area (Å²) in [5.74, 6) is 0.531. The maximum Gasteiger partial charge on any atom is 0.255 e. The van der Waals surface area contributed by atoms with E-state index in [1.165, 1.54) is 0 Å². The number of hydrogen-bond donors (Lipinski definition) is 0. The SMILES string of the molecule is O=C1CC2(CCN(C(=O)c3cc(Br)ccc3Cl)C2)Oc2ccccc21. The van der Waals surface area contributed by atoms with Gasteiger partial charge in [-0.25, -0.2) is 0 Å². The largest absolute Gasteiger partial charge is 0.484 e. The Morgan fingerprint density at radius 3 is 2.88 bits per heavy atom. The van der Waals surface area contributed by atoms with E-state index in [1.807, 2.05) is 18.2 Å². The van der Waals surface area contributed by atoms with Gasteiger partial charge >= 0.3 is 0 Å². The molecule has 0 bridgehead atoms. The predicted molar refractivity (Wildman–Crippen MR) is 98.4 cm³/mol. The number of halogens is 2. The van der Waals surface area contributed by atoms with Crippen LogP contribution in [0.15, 0.2) is 46.9 Å². The Hall–Kier alpha value is -1.85. The van der Waals surface area contributed by atoms with Crippen molar-refractivity contribution in [1.82, 2.24) is 4.90 Å². The minimum Gasteiger partial charge on any atom is -0.484 e. The van der Waals surface area contributed by atoms with Crippen LogP contribution < -0.4 is 4.74 Å². The summed E-state index contributed by atoms with van der Waals surface area (Å²) in [7, 11) is 0. The van der Waals surface area contributed by atoms with Crippen molar-refractivity contribution in [3.63, 3.8) is 0 Å². The van der Waals surface area contributed by atoms with Crippen LogP contribution in [0, 0.1) is 0 Å². The average Bonchev–Trinajstić information content (AvgIpc) is 2.99. The number of likely N-dealkylation sites (tertiary alicyclic amines) is 1. The van der Waals surface area contributed by atoms with Gasteiger partial charge in [-0.3, -0.25) is 9.59 Å². The van der Waals surface area contributed by atoms with Gasteiger partial charge in [0.15, 0.2) is 5.78 Å². The molecule has 2 aliphatic rings. The molecule has 1 saturated heterocycles. The number of nitrogens with zero attached hydrogens (tertiary/aromatic N) is 1. The van der Waals surface area contributed by atoms with Gasteiger partial charge in [0.25, 0.3) is 5.91 Å². The van der Waals surface area contributed by atoms with E-state index in [0.717, 1.165) is 4.47 Å². The van der Waals surface area contributed by atoms with Gasteiger partial charge in [0, 0.05) is 17.4 Å². The van der Waals surface area contributed by atoms with Crippen LogP contribution >= 0.6 is 27.5 Å². The van der Waals surface area contributed by atoms with Crippen LogP contribution in [0.1, 0.15) is 33.6 Å². The summed E-state index contributed by atoms with van der Waals surface area (Å²) in [6.45, 7) is 0.922. The van der Waals surface area contributed by atoms with Gasteiger partial charge in [-0.2, -0.15) is 0 Å². The molecule has 128 valence electrons. The lowest BCUT2D eigenvalue weighted by Gasteiger charge is -2.34. The monoisotopic (exact) mass is 419 g/mol. The zero-order valence-electron chi connectivity index (χ0n) is 13.3. The number of amides is 1. The number of fused-ring (bicyclic) bond motifs is 1. The first-order chi connectivity index (χ1) is 12.0. The van der Waals surface area contributed by atoms with Crippen LogP contribution in [0.2, 0.25) is 5.02 Å². The third-order valence-corrected chi connectivity index (χ3v) is 5.58. The lowest BCUT2D eigenvalue weighted by Crippen LogP contribution is -2.45. The molecule has 6 heteroatoms. The lowest BCUT2D eigenvalue weighted by molar-refractivity contribution is 0.0428. The van der Waals surface area contributed by atoms with E-state index in [1.54, 1.807) is 29.2 Å². The zero-order valence-corrected chi connectivity index (χ0v) is 15.6. The molecule has 1 fully saturated rings. The number of carbonyl (C=O) groups is 2. The van der Waals surface area contributed by atoms with Crippen molar-refractivity contribution in [2.45, 2.75) is 18.4 Å². The summed E-state index contributed by atoms with van der Waals surface area (Å²) >= 11 is 9.55. The van der Waals surface area contributed by atoms with Crippen LogP contribution in [0.3, 0.4) is 0 Å².